The standard InChI is InChI=1S/C9H13.ClH.Pd/c1-9-7-5-3-2-4-6-8-9;;/h2-3,8H,1,4-7H2;1H;/q-1;;+2/p-1. The van der Waals surface area contributed by atoms with Crippen molar-refractivity contribution in [3.8, 4) is 0 Å². The van der Waals surface area contributed by atoms with Crippen LogP contribution in [0.1, 0.15) is 25.7 Å². The average Bonchev–Trinajstić information content (AvgIpc) is 2.01. The molecule has 0 aromatic rings. The van der Waals surface area contributed by atoms with Crippen molar-refractivity contribution in [2.45, 2.75) is 25.7 Å². The van der Waals surface area contributed by atoms with E-state index in [4.69, 9.17) is 0 Å². The molecular formula is C9H13ClPd. The second-order valence-electron chi connectivity index (χ2n) is 2.45. The van der Waals surface area contributed by atoms with E-state index >= 15 is 0 Å². The van der Waals surface area contributed by atoms with Crippen molar-refractivity contribution in [3.63, 3.8) is 0 Å². The van der Waals surface area contributed by atoms with Crippen molar-refractivity contribution in [1.29, 1.82) is 0 Å². The molecule has 0 aromatic carbocycles. The van der Waals surface area contributed by atoms with Crippen LogP contribution in [0.4, 0.5) is 0 Å². The summed E-state index contributed by atoms with van der Waals surface area (Å²) in [6.07, 6.45) is 11.4. The van der Waals surface area contributed by atoms with Crippen molar-refractivity contribution >= 4 is 9.53 Å². The number of rotatable bonds is 0. The molecule has 0 aliphatic heterocycles. The summed E-state index contributed by atoms with van der Waals surface area (Å²) >= 11 is 2.22. The average molecular weight is 263 g/mol. The third-order valence-electron chi connectivity index (χ3n) is 1.57. The van der Waals surface area contributed by atoms with Gasteiger partial charge in [0.2, 0.25) is 0 Å². The first-order valence-corrected chi connectivity index (χ1v) is 5.68. The van der Waals surface area contributed by atoms with Crippen LogP contribution in [0.2, 0.25) is 0 Å². The fourth-order valence-electron chi connectivity index (χ4n) is 0.990. The van der Waals surface area contributed by atoms with E-state index in [1.165, 1.54) is 24.8 Å². The molecule has 0 unspecified atom stereocenters. The summed E-state index contributed by atoms with van der Waals surface area (Å²) in [5.74, 6) is 0. The fourth-order valence-corrected chi connectivity index (χ4v) is 0.990. The van der Waals surface area contributed by atoms with Crippen molar-refractivity contribution in [2.24, 2.45) is 0 Å². The summed E-state index contributed by atoms with van der Waals surface area (Å²) in [6, 6.07) is 0. The predicted molar refractivity (Wildman–Crippen MR) is 46.9 cm³/mol. The minimum atomic E-state index is 1.15. The summed E-state index contributed by atoms with van der Waals surface area (Å²) in [6.45, 7) is 3.93. The van der Waals surface area contributed by atoms with Gasteiger partial charge in [-0.25, -0.2) is 18.6 Å². The van der Waals surface area contributed by atoms with Crippen molar-refractivity contribution < 1.29 is 18.2 Å². The van der Waals surface area contributed by atoms with Gasteiger partial charge in [-0.15, -0.1) is 0 Å². The van der Waals surface area contributed by atoms with Crippen LogP contribution < -0.4 is 0 Å². The Bertz CT molecular complexity index is 138. The Balaban J connectivity index is 0.000000461. The molecule has 0 atom stereocenters. The number of allylic oxidation sites excluding steroid dienone is 4. The summed E-state index contributed by atoms with van der Waals surface area (Å²) in [5.41, 5.74) is 1.30. The Morgan fingerprint density at radius 3 is 2.55 bits per heavy atom. The topological polar surface area (TPSA) is 0 Å². The normalized spacial score (nSPS) is 17.2. The monoisotopic (exact) mass is 262 g/mol. The van der Waals surface area contributed by atoms with Crippen LogP contribution in [0.15, 0.2) is 23.8 Å². The van der Waals surface area contributed by atoms with E-state index in [1.54, 1.807) is 0 Å². The Morgan fingerprint density at radius 2 is 1.82 bits per heavy atom. The first-order chi connectivity index (χ1) is 5.39. The number of hydrogen-bond donors (Lipinski definition) is 0. The molecule has 0 spiro atoms. The molecule has 1 rings (SSSR count). The molecule has 1 aliphatic carbocycles. The molecular weight excluding hydrogens is 250 g/mol. The first-order valence-electron chi connectivity index (χ1n) is 3.67. The third-order valence-corrected chi connectivity index (χ3v) is 1.57. The maximum atomic E-state index is 4.49. The zero-order valence-electron chi connectivity index (χ0n) is 6.46. The summed E-state index contributed by atoms with van der Waals surface area (Å²) in [7, 11) is 4.49. The molecule has 0 saturated carbocycles. The van der Waals surface area contributed by atoms with E-state index in [2.05, 4.69) is 52.9 Å². The van der Waals surface area contributed by atoms with Crippen molar-refractivity contribution in [2.75, 3.05) is 0 Å². The Hall–Kier alpha value is 0.302. The van der Waals surface area contributed by atoms with Gasteiger partial charge in [0.1, 0.15) is 0 Å². The van der Waals surface area contributed by atoms with Gasteiger partial charge in [0.15, 0.2) is 0 Å². The van der Waals surface area contributed by atoms with E-state index in [9.17, 15) is 0 Å². The molecule has 0 nitrogen and oxygen atoms in total. The second-order valence-corrected chi connectivity index (χ2v) is 2.45. The summed E-state index contributed by atoms with van der Waals surface area (Å²) in [5, 5.41) is 0. The first kappa shape index (κ1) is 11.3. The molecule has 11 heavy (non-hydrogen) atoms. The van der Waals surface area contributed by atoms with Crippen LogP contribution in [0.3, 0.4) is 0 Å². The molecule has 0 N–H and O–H groups in total. The molecule has 2 heteroatoms. The molecule has 0 fully saturated rings. The van der Waals surface area contributed by atoms with Gasteiger partial charge in [0, 0.05) is 0 Å². The van der Waals surface area contributed by atoms with Crippen LogP contribution in [0, 0.1) is 6.92 Å². The van der Waals surface area contributed by atoms with Crippen LogP contribution in [-0.4, -0.2) is 0 Å². The summed E-state index contributed by atoms with van der Waals surface area (Å²) < 4.78 is 0. The SMILES string of the molecule is [CH2-]C1=CCCC=CCC1.[Cl][Pd+]. The summed E-state index contributed by atoms with van der Waals surface area (Å²) in [4.78, 5) is 0. The Morgan fingerprint density at radius 1 is 1.18 bits per heavy atom. The molecule has 0 saturated heterocycles. The molecule has 0 aromatic heterocycles. The Kier molecular flexibility index (Phi) is 8.63. The van der Waals surface area contributed by atoms with E-state index in [1.807, 2.05) is 0 Å². The minimum absolute atomic E-state index is 1.15. The quantitative estimate of drug-likeness (QED) is 0.356. The van der Waals surface area contributed by atoms with E-state index in [0.29, 0.717) is 0 Å². The number of halogens is 1. The van der Waals surface area contributed by atoms with Crippen LogP contribution in [0.25, 0.3) is 0 Å². The predicted octanol–water partition coefficient (Wildman–Crippen LogP) is 3.56. The zero-order chi connectivity index (χ0) is 8.53. The molecule has 66 valence electrons. The Labute approximate surface area is 84.1 Å². The molecule has 1 aliphatic rings. The number of hydrogen-bond acceptors (Lipinski definition) is 0. The van der Waals surface area contributed by atoms with Crippen molar-refractivity contribution in [3.05, 3.63) is 30.7 Å². The second kappa shape index (κ2) is 8.40. The van der Waals surface area contributed by atoms with Gasteiger partial charge >= 0.3 is 27.7 Å². The molecule has 0 amide bonds. The van der Waals surface area contributed by atoms with E-state index in [-0.39, 0.29) is 0 Å². The van der Waals surface area contributed by atoms with E-state index < -0.39 is 0 Å². The van der Waals surface area contributed by atoms with Gasteiger partial charge in [-0.05, 0) is 12.8 Å². The van der Waals surface area contributed by atoms with Gasteiger partial charge < -0.3 is 0 Å². The molecule has 0 bridgehead atoms. The fraction of sp³-hybridized carbons (Fsp3) is 0.444. The van der Waals surface area contributed by atoms with Gasteiger partial charge in [-0.2, -0.15) is 0 Å². The van der Waals surface area contributed by atoms with Crippen LogP contribution >= 0.6 is 9.53 Å². The molecule has 0 heterocycles. The van der Waals surface area contributed by atoms with E-state index in [0.717, 1.165) is 6.42 Å². The van der Waals surface area contributed by atoms with Crippen LogP contribution in [0.5, 0.6) is 0 Å². The third kappa shape index (κ3) is 6.69. The van der Waals surface area contributed by atoms with Crippen LogP contribution in [-0.2, 0) is 18.2 Å². The van der Waals surface area contributed by atoms with Gasteiger partial charge in [-0.3, -0.25) is 0 Å². The van der Waals surface area contributed by atoms with Crippen molar-refractivity contribution in [1.82, 2.24) is 0 Å². The zero-order valence-corrected chi connectivity index (χ0v) is 8.77. The van der Waals surface area contributed by atoms with Gasteiger partial charge in [0.05, 0.1) is 0 Å². The van der Waals surface area contributed by atoms with Gasteiger partial charge in [-0.1, -0.05) is 25.0 Å². The maximum absolute atomic E-state index is 4.49. The molecule has 0 radical (unpaired) electrons. The van der Waals surface area contributed by atoms with Gasteiger partial charge in [0.25, 0.3) is 0 Å².